The van der Waals surface area contributed by atoms with Gasteiger partial charge in [0.15, 0.2) is 5.96 Å². The standard InChI is InChI=1S/C22H34N8O2/c1-16-17(2)32-20(26-16)14-28-7-5-18(6-8-28)11-24-22(23-3)29-9-10-30(21(31)15-29)19-12-25-27(4)13-19/h12-13,18H,5-11,14-15H2,1-4H3,(H,23,24). The zero-order valence-electron chi connectivity index (χ0n) is 19.5. The van der Waals surface area contributed by atoms with E-state index in [4.69, 9.17) is 4.42 Å². The Morgan fingerprint density at radius 3 is 2.62 bits per heavy atom. The van der Waals surface area contributed by atoms with E-state index >= 15 is 0 Å². The Kier molecular flexibility index (Phi) is 6.78. The van der Waals surface area contributed by atoms with E-state index in [-0.39, 0.29) is 5.91 Å². The molecule has 0 spiro atoms. The van der Waals surface area contributed by atoms with E-state index in [1.54, 1.807) is 22.8 Å². The maximum Gasteiger partial charge on any atom is 0.246 e. The number of aromatic nitrogens is 3. The molecular weight excluding hydrogens is 408 g/mol. The summed E-state index contributed by atoms with van der Waals surface area (Å²) < 4.78 is 7.44. The lowest BCUT2D eigenvalue weighted by Gasteiger charge is -2.36. The molecule has 2 aliphatic heterocycles. The van der Waals surface area contributed by atoms with Crippen LogP contribution in [0.5, 0.6) is 0 Å². The number of piperidine rings is 1. The van der Waals surface area contributed by atoms with E-state index in [1.807, 2.05) is 32.0 Å². The molecule has 2 aliphatic rings. The molecule has 0 atom stereocenters. The predicted molar refractivity (Wildman–Crippen MR) is 122 cm³/mol. The zero-order valence-corrected chi connectivity index (χ0v) is 19.5. The number of aryl methyl sites for hydroxylation is 3. The van der Waals surface area contributed by atoms with Crippen LogP contribution in [0.1, 0.15) is 30.2 Å². The van der Waals surface area contributed by atoms with Crippen molar-refractivity contribution in [3.63, 3.8) is 0 Å². The first kappa shape index (κ1) is 22.3. The maximum atomic E-state index is 12.7. The van der Waals surface area contributed by atoms with E-state index in [0.717, 1.165) is 74.6 Å². The number of likely N-dealkylation sites (tertiary alicyclic amines) is 1. The van der Waals surface area contributed by atoms with Gasteiger partial charge < -0.3 is 19.5 Å². The molecule has 2 aromatic rings. The molecule has 174 valence electrons. The first-order valence-corrected chi connectivity index (χ1v) is 11.3. The zero-order chi connectivity index (χ0) is 22.7. The molecule has 1 amide bonds. The van der Waals surface area contributed by atoms with Gasteiger partial charge >= 0.3 is 0 Å². The van der Waals surface area contributed by atoms with Crippen LogP contribution in [-0.4, -0.2) is 82.7 Å². The first-order chi connectivity index (χ1) is 15.4. The van der Waals surface area contributed by atoms with Crippen molar-refractivity contribution in [2.75, 3.05) is 51.2 Å². The minimum absolute atomic E-state index is 0.0671. The quantitative estimate of drug-likeness (QED) is 0.548. The summed E-state index contributed by atoms with van der Waals surface area (Å²) in [6, 6.07) is 0. The average Bonchev–Trinajstić information content (AvgIpc) is 3.34. The summed E-state index contributed by atoms with van der Waals surface area (Å²) in [5, 5.41) is 7.68. The van der Waals surface area contributed by atoms with Gasteiger partial charge in [0.05, 0.1) is 24.1 Å². The van der Waals surface area contributed by atoms with E-state index in [9.17, 15) is 4.79 Å². The van der Waals surface area contributed by atoms with Crippen LogP contribution in [0.25, 0.3) is 0 Å². The number of amides is 1. The van der Waals surface area contributed by atoms with Gasteiger partial charge in [-0.2, -0.15) is 5.10 Å². The van der Waals surface area contributed by atoms with Gasteiger partial charge in [-0.3, -0.25) is 19.4 Å². The Bertz CT molecular complexity index is 938. The highest BCUT2D eigenvalue weighted by molar-refractivity contribution is 5.98. The molecule has 10 heteroatoms. The maximum absolute atomic E-state index is 12.7. The first-order valence-electron chi connectivity index (χ1n) is 11.3. The monoisotopic (exact) mass is 442 g/mol. The Labute approximate surface area is 189 Å². The van der Waals surface area contributed by atoms with Crippen LogP contribution in [-0.2, 0) is 18.4 Å². The highest BCUT2D eigenvalue weighted by atomic mass is 16.4. The minimum atomic E-state index is 0.0671. The molecule has 2 saturated heterocycles. The second-order valence-electron chi connectivity index (χ2n) is 8.74. The van der Waals surface area contributed by atoms with Crippen LogP contribution in [0.2, 0.25) is 0 Å². The van der Waals surface area contributed by atoms with Gasteiger partial charge in [0.2, 0.25) is 11.8 Å². The van der Waals surface area contributed by atoms with Crippen LogP contribution < -0.4 is 10.2 Å². The number of carbonyl (C=O) groups excluding carboxylic acids is 1. The third-order valence-corrected chi connectivity index (χ3v) is 6.42. The van der Waals surface area contributed by atoms with Gasteiger partial charge in [-0.1, -0.05) is 0 Å². The van der Waals surface area contributed by atoms with E-state index in [1.165, 1.54) is 0 Å². The molecule has 0 aliphatic carbocycles. The predicted octanol–water partition coefficient (Wildman–Crippen LogP) is 1.16. The van der Waals surface area contributed by atoms with Crippen molar-refractivity contribution >= 4 is 17.6 Å². The molecule has 0 radical (unpaired) electrons. The van der Waals surface area contributed by atoms with Gasteiger partial charge in [-0.05, 0) is 45.7 Å². The van der Waals surface area contributed by atoms with Crippen LogP contribution >= 0.6 is 0 Å². The molecule has 32 heavy (non-hydrogen) atoms. The SMILES string of the molecule is CN=C(NCC1CCN(Cc2nc(C)c(C)o2)CC1)N1CCN(c2cnn(C)c2)C(=O)C1. The summed E-state index contributed by atoms with van der Waals surface area (Å²) in [5.74, 6) is 3.18. The minimum Gasteiger partial charge on any atom is -0.444 e. The normalized spacial score (nSPS) is 19.1. The molecule has 0 unspecified atom stereocenters. The number of carbonyl (C=O) groups is 1. The van der Waals surface area contributed by atoms with Crippen LogP contribution in [0.4, 0.5) is 5.69 Å². The summed E-state index contributed by atoms with van der Waals surface area (Å²) in [7, 11) is 3.64. The third kappa shape index (κ3) is 5.12. The number of rotatable bonds is 5. The molecule has 4 rings (SSSR count). The number of hydrogen-bond acceptors (Lipinski definition) is 6. The van der Waals surface area contributed by atoms with Gasteiger partial charge in [0.25, 0.3) is 0 Å². The highest BCUT2D eigenvalue weighted by Gasteiger charge is 2.28. The van der Waals surface area contributed by atoms with Gasteiger partial charge in [-0.15, -0.1) is 0 Å². The number of hydrogen-bond donors (Lipinski definition) is 1. The van der Waals surface area contributed by atoms with Crippen molar-refractivity contribution in [3.8, 4) is 0 Å². The fourth-order valence-corrected chi connectivity index (χ4v) is 4.39. The van der Waals surface area contributed by atoms with Crippen LogP contribution in [0, 0.1) is 19.8 Å². The Balaban J connectivity index is 1.22. The van der Waals surface area contributed by atoms with Crippen molar-refractivity contribution in [2.24, 2.45) is 18.0 Å². The van der Waals surface area contributed by atoms with Gasteiger partial charge in [0, 0.05) is 39.9 Å². The summed E-state index contributed by atoms with van der Waals surface area (Å²) in [6.07, 6.45) is 5.85. The summed E-state index contributed by atoms with van der Waals surface area (Å²) >= 11 is 0. The molecular formula is C22H34N8O2. The number of nitrogens with one attached hydrogen (secondary N) is 1. The largest absolute Gasteiger partial charge is 0.444 e. The number of piperazine rings is 1. The van der Waals surface area contributed by atoms with Crippen molar-refractivity contribution < 1.29 is 9.21 Å². The lowest BCUT2D eigenvalue weighted by Crippen LogP contribution is -2.56. The molecule has 2 aromatic heterocycles. The van der Waals surface area contributed by atoms with E-state index < -0.39 is 0 Å². The molecule has 0 saturated carbocycles. The lowest BCUT2D eigenvalue weighted by atomic mass is 9.97. The van der Waals surface area contributed by atoms with Crippen molar-refractivity contribution in [1.29, 1.82) is 0 Å². The van der Waals surface area contributed by atoms with E-state index in [0.29, 0.717) is 19.0 Å². The second-order valence-corrected chi connectivity index (χ2v) is 8.74. The molecule has 10 nitrogen and oxygen atoms in total. The molecule has 1 N–H and O–H groups in total. The second kappa shape index (κ2) is 9.72. The lowest BCUT2D eigenvalue weighted by molar-refractivity contribution is -0.120. The number of nitrogens with zero attached hydrogens (tertiary/aromatic N) is 7. The summed E-state index contributed by atoms with van der Waals surface area (Å²) in [4.78, 5) is 27.9. The Morgan fingerprint density at radius 1 is 1.25 bits per heavy atom. The van der Waals surface area contributed by atoms with Crippen molar-refractivity contribution in [1.82, 2.24) is 29.9 Å². The van der Waals surface area contributed by atoms with Crippen LogP contribution in [0.15, 0.2) is 21.8 Å². The average molecular weight is 443 g/mol. The van der Waals surface area contributed by atoms with Crippen molar-refractivity contribution in [3.05, 3.63) is 29.7 Å². The fraction of sp³-hybridized carbons (Fsp3) is 0.636. The fourth-order valence-electron chi connectivity index (χ4n) is 4.39. The smallest absolute Gasteiger partial charge is 0.246 e. The molecule has 0 aromatic carbocycles. The Morgan fingerprint density at radius 2 is 2.03 bits per heavy atom. The highest BCUT2D eigenvalue weighted by Crippen LogP contribution is 2.20. The third-order valence-electron chi connectivity index (χ3n) is 6.42. The molecule has 4 heterocycles. The Hall–Kier alpha value is -2.88. The number of guanidine groups is 1. The van der Waals surface area contributed by atoms with E-state index in [2.05, 4.69) is 25.3 Å². The summed E-state index contributed by atoms with van der Waals surface area (Å²) in [5.41, 5.74) is 1.83. The number of anilines is 1. The molecule has 0 bridgehead atoms. The van der Waals surface area contributed by atoms with Crippen molar-refractivity contribution in [2.45, 2.75) is 33.2 Å². The van der Waals surface area contributed by atoms with Gasteiger partial charge in [0.1, 0.15) is 12.3 Å². The molecule has 2 fully saturated rings. The summed E-state index contributed by atoms with van der Waals surface area (Å²) in [6.45, 7) is 9.36. The number of oxazole rings is 1. The topological polar surface area (TPSA) is 95.0 Å². The van der Waals surface area contributed by atoms with Gasteiger partial charge in [-0.25, -0.2) is 4.98 Å². The number of aliphatic imine (C=N–C) groups is 1. The van der Waals surface area contributed by atoms with Crippen LogP contribution in [0.3, 0.4) is 0 Å².